The van der Waals surface area contributed by atoms with Crippen LogP contribution in [0.25, 0.3) is 10.9 Å². The number of fused-ring (bicyclic) bond motifs is 1. The molecule has 2 aromatic carbocycles. The SMILES string of the molecule is Cc1cc(Br)c2cc(OCc3ccccc3)c(CN)nc2c1. The molecule has 0 aliphatic heterocycles. The molecule has 0 spiro atoms. The van der Waals surface area contributed by atoms with E-state index in [9.17, 15) is 0 Å². The average molecular weight is 357 g/mol. The molecule has 0 fully saturated rings. The minimum absolute atomic E-state index is 0.353. The quantitative estimate of drug-likeness (QED) is 0.756. The second-order valence-corrected chi connectivity index (χ2v) is 6.08. The van der Waals surface area contributed by atoms with Gasteiger partial charge in [-0.25, -0.2) is 4.98 Å². The van der Waals surface area contributed by atoms with E-state index >= 15 is 0 Å². The summed E-state index contributed by atoms with van der Waals surface area (Å²) in [5.41, 5.74) is 9.82. The van der Waals surface area contributed by atoms with Crippen LogP contribution in [0.2, 0.25) is 0 Å². The van der Waals surface area contributed by atoms with Crippen molar-refractivity contribution in [1.29, 1.82) is 0 Å². The first kappa shape index (κ1) is 15.0. The van der Waals surface area contributed by atoms with E-state index in [0.29, 0.717) is 13.2 Å². The highest BCUT2D eigenvalue weighted by Crippen LogP contribution is 2.30. The van der Waals surface area contributed by atoms with Gasteiger partial charge < -0.3 is 10.5 Å². The summed E-state index contributed by atoms with van der Waals surface area (Å²) in [7, 11) is 0. The van der Waals surface area contributed by atoms with Crippen LogP contribution in [0.1, 0.15) is 16.8 Å². The Bertz CT molecular complexity index is 803. The van der Waals surface area contributed by atoms with Crippen LogP contribution in [0.15, 0.2) is 53.0 Å². The van der Waals surface area contributed by atoms with Gasteiger partial charge >= 0.3 is 0 Å². The van der Waals surface area contributed by atoms with E-state index in [1.807, 2.05) is 43.3 Å². The normalized spacial score (nSPS) is 10.9. The summed E-state index contributed by atoms with van der Waals surface area (Å²) >= 11 is 3.60. The number of aromatic nitrogens is 1. The number of aryl methyl sites for hydroxylation is 1. The third-order valence-corrected chi connectivity index (χ3v) is 4.15. The molecule has 0 saturated heterocycles. The molecular formula is C18H17BrN2O. The van der Waals surface area contributed by atoms with Crippen molar-refractivity contribution in [3.05, 3.63) is 69.8 Å². The number of rotatable bonds is 4. The first-order valence-corrected chi connectivity index (χ1v) is 7.93. The van der Waals surface area contributed by atoms with E-state index in [1.165, 1.54) is 0 Å². The van der Waals surface area contributed by atoms with E-state index < -0.39 is 0 Å². The third kappa shape index (κ3) is 3.13. The molecule has 0 bridgehead atoms. The monoisotopic (exact) mass is 356 g/mol. The second-order valence-electron chi connectivity index (χ2n) is 5.23. The van der Waals surface area contributed by atoms with Crippen molar-refractivity contribution in [3.63, 3.8) is 0 Å². The van der Waals surface area contributed by atoms with Gasteiger partial charge in [0, 0.05) is 16.4 Å². The molecule has 4 heteroatoms. The van der Waals surface area contributed by atoms with Crippen LogP contribution < -0.4 is 10.5 Å². The number of hydrogen-bond donors (Lipinski definition) is 1. The predicted molar refractivity (Wildman–Crippen MR) is 92.8 cm³/mol. The standard InChI is InChI=1S/C18H17BrN2O/c1-12-7-15(19)14-9-18(17(10-20)21-16(14)8-12)22-11-13-5-3-2-4-6-13/h2-9H,10-11,20H2,1H3. The Morgan fingerprint density at radius 3 is 2.64 bits per heavy atom. The lowest BCUT2D eigenvalue weighted by Gasteiger charge is -2.12. The molecule has 3 aromatic rings. The molecule has 0 atom stereocenters. The van der Waals surface area contributed by atoms with E-state index in [2.05, 4.69) is 33.0 Å². The van der Waals surface area contributed by atoms with Crippen LogP contribution in [-0.4, -0.2) is 4.98 Å². The molecule has 22 heavy (non-hydrogen) atoms. The van der Waals surface area contributed by atoms with E-state index in [0.717, 1.165) is 37.9 Å². The zero-order valence-corrected chi connectivity index (χ0v) is 13.9. The number of ether oxygens (including phenoxy) is 1. The van der Waals surface area contributed by atoms with Crippen LogP contribution in [0.3, 0.4) is 0 Å². The van der Waals surface area contributed by atoms with Crippen LogP contribution in [0.5, 0.6) is 5.75 Å². The van der Waals surface area contributed by atoms with Crippen molar-refractivity contribution in [2.45, 2.75) is 20.1 Å². The smallest absolute Gasteiger partial charge is 0.143 e. The van der Waals surface area contributed by atoms with Crippen LogP contribution >= 0.6 is 15.9 Å². The molecule has 1 aromatic heterocycles. The number of halogens is 1. The molecule has 1 heterocycles. The number of hydrogen-bond acceptors (Lipinski definition) is 3. The highest BCUT2D eigenvalue weighted by atomic mass is 79.9. The molecule has 3 rings (SSSR count). The van der Waals surface area contributed by atoms with Gasteiger partial charge in [0.05, 0.1) is 11.2 Å². The summed E-state index contributed by atoms with van der Waals surface area (Å²) in [6, 6.07) is 16.2. The minimum Gasteiger partial charge on any atom is -0.487 e. The van der Waals surface area contributed by atoms with Gasteiger partial charge in [0.2, 0.25) is 0 Å². The number of pyridine rings is 1. The lowest BCUT2D eigenvalue weighted by molar-refractivity contribution is 0.302. The average Bonchev–Trinajstić information content (AvgIpc) is 2.53. The maximum absolute atomic E-state index is 5.94. The van der Waals surface area contributed by atoms with Crippen molar-refractivity contribution < 1.29 is 4.74 Å². The molecule has 3 nitrogen and oxygen atoms in total. The van der Waals surface area contributed by atoms with Gasteiger partial charge in [-0.05, 0) is 36.2 Å². The highest BCUT2D eigenvalue weighted by molar-refractivity contribution is 9.10. The Balaban J connectivity index is 1.97. The molecule has 0 unspecified atom stereocenters. The summed E-state index contributed by atoms with van der Waals surface area (Å²) < 4.78 is 6.96. The molecule has 0 amide bonds. The van der Waals surface area contributed by atoms with Crippen molar-refractivity contribution in [1.82, 2.24) is 4.98 Å². The fourth-order valence-corrected chi connectivity index (χ4v) is 3.07. The lowest BCUT2D eigenvalue weighted by Crippen LogP contribution is -2.05. The fraction of sp³-hybridized carbons (Fsp3) is 0.167. The van der Waals surface area contributed by atoms with Gasteiger partial charge in [-0.15, -0.1) is 0 Å². The predicted octanol–water partition coefficient (Wildman–Crippen LogP) is 4.34. The highest BCUT2D eigenvalue weighted by Gasteiger charge is 2.10. The van der Waals surface area contributed by atoms with Crippen molar-refractivity contribution in [3.8, 4) is 5.75 Å². The zero-order chi connectivity index (χ0) is 15.5. The van der Waals surface area contributed by atoms with Crippen molar-refractivity contribution in [2.24, 2.45) is 5.73 Å². The first-order chi connectivity index (χ1) is 10.7. The van der Waals surface area contributed by atoms with Crippen molar-refractivity contribution >= 4 is 26.8 Å². The Labute approximate surface area is 138 Å². The van der Waals surface area contributed by atoms with Crippen molar-refractivity contribution in [2.75, 3.05) is 0 Å². The van der Waals surface area contributed by atoms with Gasteiger partial charge in [0.15, 0.2) is 0 Å². The fourth-order valence-electron chi connectivity index (χ4n) is 2.39. The molecule has 0 aliphatic rings. The molecule has 0 radical (unpaired) electrons. The van der Waals surface area contributed by atoms with Gasteiger partial charge in [0.25, 0.3) is 0 Å². The summed E-state index contributed by atoms with van der Waals surface area (Å²) in [5.74, 6) is 0.739. The molecule has 0 saturated carbocycles. The van der Waals surface area contributed by atoms with Gasteiger partial charge in [-0.2, -0.15) is 0 Å². The summed E-state index contributed by atoms with van der Waals surface area (Å²) in [4.78, 5) is 4.65. The third-order valence-electron chi connectivity index (χ3n) is 3.50. The molecule has 0 aliphatic carbocycles. The largest absolute Gasteiger partial charge is 0.487 e. The van der Waals surface area contributed by atoms with E-state index in [4.69, 9.17) is 10.5 Å². The maximum Gasteiger partial charge on any atom is 0.143 e. The summed E-state index contributed by atoms with van der Waals surface area (Å²) in [6.07, 6.45) is 0. The van der Waals surface area contributed by atoms with Crippen LogP contribution in [0.4, 0.5) is 0 Å². The Hall–Kier alpha value is -1.91. The first-order valence-electron chi connectivity index (χ1n) is 7.14. The number of benzene rings is 2. The minimum atomic E-state index is 0.353. The topological polar surface area (TPSA) is 48.1 Å². The zero-order valence-electron chi connectivity index (χ0n) is 12.3. The van der Waals surface area contributed by atoms with Crippen LogP contribution in [-0.2, 0) is 13.2 Å². The van der Waals surface area contributed by atoms with E-state index in [-0.39, 0.29) is 0 Å². The molecular weight excluding hydrogens is 340 g/mol. The van der Waals surface area contributed by atoms with Gasteiger partial charge in [-0.3, -0.25) is 0 Å². The van der Waals surface area contributed by atoms with Gasteiger partial charge in [-0.1, -0.05) is 46.3 Å². The number of nitrogens with two attached hydrogens (primary N) is 1. The maximum atomic E-state index is 5.94. The molecule has 2 N–H and O–H groups in total. The second kappa shape index (κ2) is 6.46. The Kier molecular flexibility index (Phi) is 4.41. The summed E-state index contributed by atoms with van der Waals surface area (Å²) in [5, 5.41) is 1.03. The number of nitrogens with zero attached hydrogens (tertiary/aromatic N) is 1. The molecule has 112 valence electrons. The van der Waals surface area contributed by atoms with Crippen LogP contribution in [0, 0.1) is 6.92 Å². The van der Waals surface area contributed by atoms with Gasteiger partial charge in [0.1, 0.15) is 12.4 Å². The Morgan fingerprint density at radius 1 is 1.14 bits per heavy atom. The Morgan fingerprint density at radius 2 is 1.91 bits per heavy atom. The summed E-state index contributed by atoms with van der Waals surface area (Å²) in [6.45, 7) is 2.91. The van der Waals surface area contributed by atoms with E-state index in [1.54, 1.807) is 0 Å². The lowest BCUT2D eigenvalue weighted by atomic mass is 10.1.